The van der Waals surface area contributed by atoms with E-state index in [-0.39, 0.29) is 4.48 Å². The van der Waals surface area contributed by atoms with E-state index in [1.165, 1.54) is 0 Å². The molecule has 0 bridgehead atoms. The number of quaternary nitrogens is 1. The summed E-state index contributed by atoms with van der Waals surface area (Å²) in [5, 5.41) is -0.459. The number of benzene rings is 2. The maximum absolute atomic E-state index is 14.0. The van der Waals surface area contributed by atoms with Gasteiger partial charge in [0.2, 0.25) is 0 Å². The van der Waals surface area contributed by atoms with Gasteiger partial charge in [-0.15, -0.1) is 0 Å². The molecule has 2 aromatic rings. The van der Waals surface area contributed by atoms with E-state index in [0.717, 1.165) is 11.1 Å². The molecule has 1 fully saturated rings. The number of carbonyl (C=O) groups is 3. The van der Waals surface area contributed by atoms with E-state index in [4.69, 9.17) is 12.6 Å². The molecule has 3 rings (SSSR count). The fourth-order valence-corrected chi connectivity index (χ4v) is 5.72. The van der Waals surface area contributed by atoms with Crippen molar-refractivity contribution >= 4 is 29.4 Å². The summed E-state index contributed by atoms with van der Waals surface area (Å²) in [6.07, 6.45) is 1.79. The van der Waals surface area contributed by atoms with Crippen LogP contribution in [-0.2, 0) is 32.4 Å². The summed E-state index contributed by atoms with van der Waals surface area (Å²) in [5.41, 5.74) is 0.375. The summed E-state index contributed by atoms with van der Waals surface area (Å²) in [7, 11) is 0. The molecule has 2 atom stereocenters. The lowest BCUT2D eigenvalue weighted by Gasteiger charge is -2.44. The Morgan fingerprint density at radius 2 is 1.47 bits per heavy atom. The van der Waals surface area contributed by atoms with Gasteiger partial charge < -0.3 is 17.4 Å². The Morgan fingerprint density at radius 3 is 1.88 bits per heavy atom. The summed E-state index contributed by atoms with van der Waals surface area (Å²) in [6, 6.07) is 18.9. The molecule has 1 amide bonds. The normalized spacial score (nSPS) is 22.4. The third kappa shape index (κ3) is 3.82. The number of rotatable bonds is 8. The molecule has 2 aromatic carbocycles. The van der Waals surface area contributed by atoms with E-state index in [0.29, 0.717) is 32.4 Å². The minimum Gasteiger partial charge on any atom is -0.736 e. The number of ketones is 1. The zero-order valence-electron chi connectivity index (χ0n) is 19.5. The highest BCUT2D eigenvalue weighted by Crippen LogP contribution is 2.50. The molecule has 4 nitrogen and oxygen atoms in total. The molecule has 1 aliphatic heterocycles. The van der Waals surface area contributed by atoms with Crippen molar-refractivity contribution in [2.24, 2.45) is 5.41 Å². The smallest absolute Gasteiger partial charge is 0.382 e. The Morgan fingerprint density at radius 1 is 0.969 bits per heavy atom. The molecule has 1 heterocycles. The molecule has 170 valence electrons. The van der Waals surface area contributed by atoms with Crippen LogP contribution in [0, 0.1) is 5.41 Å². The number of hydrogen-bond donors (Lipinski definition) is 0. The first-order chi connectivity index (χ1) is 15.2. The molecule has 1 aliphatic rings. The minimum atomic E-state index is -0.827. The quantitative estimate of drug-likeness (QED) is 0.335. The average molecular weight is 452 g/mol. The highest BCUT2D eigenvalue weighted by molar-refractivity contribution is 7.77. The third-order valence-corrected chi connectivity index (χ3v) is 7.61. The van der Waals surface area contributed by atoms with Crippen molar-refractivity contribution in [1.82, 2.24) is 0 Å². The molecule has 1 saturated heterocycles. The van der Waals surface area contributed by atoms with Crippen molar-refractivity contribution < 1.29 is 18.9 Å². The van der Waals surface area contributed by atoms with E-state index >= 15 is 0 Å². The highest BCUT2D eigenvalue weighted by atomic mass is 32.1. The van der Waals surface area contributed by atoms with Crippen molar-refractivity contribution in [1.29, 1.82) is 0 Å². The predicted molar refractivity (Wildman–Crippen MR) is 129 cm³/mol. The van der Waals surface area contributed by atoms with Gasteiger partial charge in [-0.1, -0.05) is 88.4 Å². The van der Waals surface area contributed by atoms with E-state index in [9.17, 15) is 14.4 Å². The number of amides is 1. The Hall–Kier alpha value is -2.37. The maximum atomic E-state index is 14.0. The van der Waals surface area contributed by atoms with Crippen LogP contribution in [0.2, 0.25) is 0 Å². The van der Waals surface area contributed by atoms with Crippen molar-refractivity contribution in [2.45, 2.75) is 58.4 Å². The highest BCUT2D eigenvalue weighted by Gasteiger charge is 2.64. The van der Waals surface area contributed by atoms with Gasteiger partial charge in [-0.2, -0.15) is 0 Å². The van der Waals surface area contributed by atoms with Crippen LogP contribution in [0.4, 0.5) is 0 Å². The number of likely N-dealkylation sites (tertiary alicyclic amines) is 1. The molecule has 0 saturated carbocycles. The van der Waals surface area contributed by atoms with Crippen LogP contribution in [-0.4, -0.2) is 40.4 Å². The van der Waals surface area contributed by atoms with Gasteiger partial charge in [0.1, 0.15) is 6.04 Å². The second-order valence-corrected chi connectivity index (χ2v) is 9.93. The maximum Gasteiger partial charge on any atom is 0.382 e. The van der Waals surface area contributed by atoms with E-state index in [2.05, 4.69) is 0 Å². The SMILES string of the molecule is CCC[N+]1(C(=O)C(=O)C(C)(C)CC)CCC(c2ccccc2)(c2ccccc2)C1C(=O)[S-]. The van der Waals surface area contributed by atoms with Crippen LogP contribution in [0.5, 0.6) is 0 Å². The van der Waals surface area contributed by atoms with Crippen molar-refractivity contribution in [2.75, 3.05) is 13.1 Å². The summed E-state index contributed by atoms with van der Waals surface area (Å²) >= 11 is 5.36. The lowest BCUT2D eigenvalue weighted by molar-refractivity contribution is -0.855. The molecule has 0 aromatic heterocycles. The lowest BCUT2D eigenvalue weighted by atomic mass is 9.69. The number of Topliss-reactive ketones (excluding diaryl/α,β-unsaturated/α-hetero) is 1. The van der Waals surface area contributed by atoms with Gasteiger partial charge >= 0.3 is 5.91 Å². The Kier molecular flexibility index (Phi) is 7.01. The number of hydrogen-bond acceptors (Lipinski definition) is 4. The Bertz CT molecular complexity index is 947. The van der Waals surface area contributed by atoms with Gasteiger partial charge in [-0.3, -0.25) is 4.79 Å². The lowest BCUT2D eigenvalue weighted by Crippen LogP contribution is -2.66. The zero-order chi connectivity index (χ0) is 23.6. The van der Waals surface area contributed by atoms with Crippen LogP contribution in [0.25, 0.3) is 0 Å². The summed E-state index contributed by atoms with van der Waals surface area (Å²) in [4.78, 5) is 40.6. The molecule has 0 aliphatic carbocycles. The first-order valence-corrected chi connectivity index (χ1v) is 11.9. The molecule has 0 N–H and O–H groups in total. The van der Waals surface area contributed by atoms with E-state index < -0.39 is 33.7 Å². The minimum absolute atomic E-state index is 0.190. The van der Waals surface area contributed by atoms with Gasteiger partial charge in [-0.05, 0) is 24.0 Å². The van der Waals surface area contributed by atoms with Gasteiger partial charge in [0.25, 0.3) is 5.78 Å². The molecular weight excluding hydrogens is 418 g/mol. The first kappa shape index (κ1) is 24.3. The van der Waals surface area contributed by atoms with Gasteiger partial charge in [-0.25, -0.2) is 9.28 Å². The van der Waals surface area contributed by atoms with Crippen molar-refractivity contribution in [3.05, 3.63) is 71.8 Å². The van der Waals surface area contributed by atoms with Gasteiger partial charge in [0.05, 0.1) is 23.6 Å². The molecule has 5 heteroatoms. The molecular formula is C27H33NO3S. The average Bonchev–Trinajstić information content (AvgIpc) is 3.16. The van der Waals surface area contributed by atoms with Crippen LogP contribution in [0.3, 0.4) is 0 Å². The fraction of sp³-hybridized carbons (Fsp3) is 0.444. The molecule has 0 spiro atoms. The van der Waals surface area contributed by atoms with Gasteiger partial charge in [0.15, 0.2) is 0 Å². The third-order valence-electron chi connectivity index (χ3n) is 7.39. The summed E-state index contributed by atoms with van der Waals surface area (Å²) < 4.78 is -0.190. The predicted octanol–water partition coefficient (Wildman–Crippen LogP) is 4.58. The summed E-state index contributed by atoms with van der Waals surface area (Å²) in [5.74, 6) is -0.887. The second-order valence-electron chi connectivity index (χ2n) is 9.53. The van der Waals surface area contributed by atoms with Crippen LogP contribution >= 0.6 is 0 Å². The zero-order valence-corrected chi connectivity index (χ0v) is 20.3. The van der Waals surface area contributed by atoms with Crippen LogP contribution in [0.15, 0.2) is 60.7 Å². The van der Waals surface area contributed by atoms with Gasteiger partial charge in [0, 0.05) is 11.8 Å². The van der Waals surface area contributed by atoms with Crippen molar-refractivity contribution in [3.63, 3.8) is 0 Å². The topological polar surface area (TPSA) is 51.2 Å². The molecule has 0 radical (unpaired) electrons. The number of carbonyl (C=O) groups excluding carboxylic acids is 3. The monoisotopic (exact) mass is 451 g/mol. The Balaban J connectivity index is 2.29. The second kappa shape index (κ2) is 9.24. The van der Waals surface area contributed by atoms with Crippen molar-refractivity contribution in [3.8, 4) is 0 Å². The van der Waals surface area contributed by atoms with E-state index in [1.54, 1.807) is 13.8 Å². The first-order valence-electron chi connectivity index (χ1n) is 11.5. The van der Waals surface area contributed by atoms with Crippen LogP contribution in [0.1, 0.15) is 58.1 Å². The molecule has 32 heavy (non-hydrogen) atoms. The van der Waals surface area contributed by atoms with Crippen LogP contribution < -0.4 is 0 Å². The summed E-state index contributed by atoms with van der Waals surface area (Å²) in [6.45, 7) is 8.33. The van der Waals surface area contributed by atoms with E-state index in [1.807, 2.05) is 74.5 Å². The standard InChI is InChI=1S/C27H33NO3S/c1-5-18-28(24(30)23(29)26(3,4)6-2)19-17-27(22(28)25(31)32,20-13-9-7-10-14-20)21-15-11-8-12-16-21/h7-16,22H,5-6,17-19H2,1-4H3. The fourth-order valence-electron chi connectivity index (χ4n) is 5.32. The largest absolute Gasteiger partial charge is 0.736 e. The number of nitrogens with zero attached hydrogens (tertiary/aromatic N) is 1. The molecule has 2 unspecified atom stereocenters. The Labute approximate surface area is 197 Å².